The van der Waals surface area contributed by atoms with E-state index in [1.807, 2.05) is 0 Å². The number of alkyl halides is 1. The summed E-state index contributed by atoms with van der Waals surface area (Å²) in [7, 11) is 0. The Morgan fingerprint density at radius 2 is 1.87 bits per heavy atom. The van der Waals surface area contributed by atoms with Crippen molar-refractivity contribution in [3.63, 3.8) is 0 Å². The molecular weight excluding hydrogens is 412 g/mol. The molecule has 2 aliphatic rings. The molecule has 1 N–H and O–H groups in total. The predicted octanol–water partition coefficient (Wildman–Crippen LogP) is 3.33. The molecule has 1 saturated heterocycles. The molecular formula is C22H20F4N4O. The molecule has 5 nitrogen and oxygen atoms in total. The van der Waals surface area contributed by atoms with Crippen molar-refractivity contribution >= 4 is 16.9 Å². The fraction of sp³-hybridized carbons (Fsp3) is 0.364. The summed E-state index contributed by atoms with van der Waals surface area (Å²) in [5, 5.41) is 3.25. The zero-order valence-corrected chi connectivity index (χ0v) is 16.5. The topological polar surface area (TPSA) is 50.2 Å². The van der Waals surface area contributed by atoms with Gasteiger partial charge in [-0.2, -0.15) is 0 Å². The Morgan fingerprint density at radius 1 is 1.06 bits per heavy atom. The molecule has 1 aromatic carbocycles. The summed E-state index contributed by atoms with van der Waals surface area (Å²) >= 11 is 0. The molecule has 2 aromatic heterocycles. The number of aromatic nitrogens is 2. The van der Waals surface area contributed by atoms with Crippen LogP contribution in [0.25, 0.3) is 16.7 Å². The van der Waals surface area contributed by atoms with Gasteiger partial charge in [-0.25, -0.2) is 22.5 Å². The molecule has 1 aliphatic heterocycles. The number of hydrogen-bond acceptors (Lipinski definition) is 4. The van der Waals surface area contributed by atoms with E-state index < -0.39 is 29.1 Å². The molecule has 3 heterocycles. The highest BCUT2D eigenvalue weighted by atomic mass is 19.1. The lowest BCUT2D eigenvalue weighted by atomic mass is 10.1. The summed E-state index contributed by atoms with van der Waals surface area (Å²) < 4.78 is 58.5. The highest BCUT2D eigenvalue weighted by molar-refractivity contribution is 5.79. The standard InChI is InChI=1S/C22H20F4N4O/c23-13-1-4-19(16(24)7-13)30-6-5-20(31)15-8-17(25)22(28-21(15)30)29-10-12(18(26)11-29)9-27-14-2-3-14/h1,4-8,12,14,18,27H,2-3,9-11H2/t12-,18+/m0/s1. The van der Waals surface area contributed by atoms with Gasteiger partial charge in [-0.3, -0.25) is 9.36 Å². The summed E-state index contributed by atoms with van der Waals surface area (Å²) in [5.41, 5.74) is -0.500. The monoisotopic (exact) mass is 432 g/mol. The first-order chi connectivity index (χ1) is 14.9. The Morgan fingerprint density at radius 3 is 2.61 bits per heavy atom. The van der Waals surface area contributed by atoms with Gasteiger partial charge in [0.2, 0.25) is 0 Å². The molecule has 0 unspecified atom stereocenters. The van der Waals surface area contributed by atoms with Crippen molar-refractivity contribution in [3.8, 4) is 5.69 Å². The van der Waals surface area contributed by atoms with Crippen LogP contribution in [0.15, 0.2) is 41.3 Å². The number of fused-ring (bicyclic) bond motifs is 1. The Bertz CT molecular complexity index is 1210. The quantitative estimate of drug-likeness (QED) is 0.629. The Labute approximate surface area is 175 Å². The van der Waals surface area contributed by atoms with Gasteiger partial charge in [-0.15, -0.1) is 0 Å². The Balaban J connectivity index is 1.55. The molecule has 31 heavy (non-hydrogen) atoms. The van der Waals surface area contributed by atoms with Gasteiger partial charge in [-0.05, 0) is 31.0 Å². The number of hydrogen-bond donors (Lipinski definition) is 1. The number of nitrogens with zero attached hydrogens (tertiary/aromatic N) is 3. The normalized spacial score (nSPS) is 21.2. The smallest absolute Gasteiger partial charge is 0.191 e. The summed E-state index contributed by atoms with van der Waals surface area (Å²) in [6.45, 7) is 0.760. The van der Waals surface area contributed by atoms with Crippen LogP contribution in [-0.2, 0) is 0 Å². The van der Waals surface area contributed by atoms with E-state index in [-0.39, 0.29) is 41.5 Å². The van der Waals surface area contributed by atoms with Crippen LogP contribution in [0.3, 0.4) is 0 Å². The highest BCUT2D eigenvalue weighted by Gasteiger charge is 2.36. The zero-order chi connectivity index (χ0) is 21.7. The van der Waals surface area contributed by atoms with Crippen LogP contribution in [0.2, 0.25) is 0 Å². The van der Waals surface area contributed by atoms with Gasteiger partial charge >= 0.3 is 0 Å². The maximum absolute atomic E-state index is 14.9. The lowest BCUT2D eigenvalue weighted by molar-refractivity contribution is 0.276. The second-order valence-electron chi connectivity index (χ2n) is 8.17. The highest BCUT2D eigenvalue weighted by Crippen LogP contribution is 2.30. The minimum atomic E-state index is -1.14. The fourth-order valence-electron chi connectivity index (χ4n) is 4.03. The van der Waals surface area contributed by atoms with E-state index in [4.69, 9.17) is 0 Å². The van der Waals surface area contributed by atoms with E-state index >= 15 is 0 Å². The molecule has 1 saturated carbocycles. The van der Waals surface area contributed by atoms with Gasteiger partial charge in [0.05, 0.1) is 17.6 Å². The van der Waals surface area contributed by atoms with Gasteiger partial charge in [-0.1, -0.05) is 0 Å². The third-order valence-corrected chi connectivity index (χ3v) is 5.88. The predicted molar refractivity (Wildman–Crippen MR) is 109 cm³/mol. The summed E-state index contributed by atoms with van der Waals surface area (Å²) in [5.74, 6) is -2.74. The van der Waals surface area contributed by atoms with Crippen molar-refractivity contribution in [2.24, 2.45) is 5.92 Å². The number of rotatable bonds is 5. The molecule has 2 fully saturated rings. The van der Waals surface area contributed by atoms with E-state index in [1.165, 1.54) is 27.8 Å². The third-order valence-electron chi connectivity index (χ3n) is 5.88. The Kier molecular flexibility index (Phi) is 4.92. The first-order valence-electron chi connectivity index (χ1n) is 10.2. The molecule has 0 spiro atoms. The molecule has 162 valence electrons. The molecule has 1 aliphatic carbocycles. The van der Waals surface area contributed by atoms with Crippen LogP contribution in [-0.4, -0.2) is 41.4 Å². The van der Waals surface area contributed by atoms with E-state index in [0.29, 0.717) is 12.6 Å². The zero-order valence-electron chi connectivity index (χ0n) is 16.5. The lowest BCUT2D eigenvalue weighted by Gasteiger charge is -2.19. The van der Waals surface area contributed by atoms with Crippen molar-refractivity contribution in [2.75, 3.05) is 24.5 Å². The SMILES string of the molecule is O=c1ccn(-c2ccc(F)cc2F)c2nc(N3C[C@H](CNC4CC4)[C@H](F)C3)c(F)cc12. The van der Waals surface area contributed by atoms with Crippen LogP contribution >= 0.6 is 0 Å². The number of anilines is 1. The maximum Gasteiger partial charge on any atom is 0.191 e. The van der Waals surface area contributed by atoms with Crippen molar-refractivity contribution < 1.29 is 17.6 Å². The van der Waals surface area contributed by atoms with Gasteiger partial charge in [0, 0.05) is 43.4 Å². The van der Waals surface area contributed by atoms with E-state index in [2.05, 4.69) is 10.3 Å². The van der Waals surface area contributed by atoms with E-state index in [9.17, 15) is 22.4 Å². The lowest BCUT2D eigenvalue weighted by Crippen LogP contribution is -2.30. The first kappa shape index (κ1) is 20.0. The second kappa shape index (κ2) is 7.64. The molecule has 0 amide bonds. The number of benzene rings is 1. The minimum Gasteiger partial charge on any atom is -0.351 e. The number of pyridine rings is 2. The Hall–Kier alpha value is -2.94. The maximum atomic E-state index is 14.9. The van der Waals surface area contributed by atoms with Crippen LogP contribution in [0.5, 0.6) is 0 Å². The van der Waals surface area contributed by atoms with Crippen molar-refractivity contribution in [3.05, 3.63) is 64.2 Å². The van der Waals surface area contributed by atoms with Gasteiger partial charge in [0.1, 0.15) is 17.8 Å². The van der Waals surface area contributed by atoms with Gasteiger partial charge < -0.3 is 10.2 Å². The molecule has 5 rings (SSSR count). The summed E-state index contributed by atoms with van der Waals surface area (Å²) in [4.78, 5) is 18.1. The third kappa shape index (κ3) is 3.78. The van der Waals surface area contributed by atoms with Crippen LogP contribution in [0.4, 0.5) is 23.4 Å². The van der Waals surface area contributed by atoms with E-state index in [1.54, 1.807) is 0 Å². The van der Waals surface area contributed by atoms with Crippen molar-refractivity contribution in [1.82, 2.24) is 14.9 Å². The van der Waals surface area contributed by atoms with Gasteiger partial charge in [0.25, 0.3) is 0 Å². The second-order valence-corrected chi connectivity index (χ2v) is 8.17. The summed E-state index contributed by atoms with van der Waals surface area (Å²) in [6, 6.07) is 5.66. The van der Waals surface area contributed by atoms with E-state index in [0.717, 1.165) is 31.0 Å². The molecule has 0 radical (unpaired) electrons. The number of halogens is 4. The average Bonchev–Trinajstić information content (AvgIpc) is 3.49. The molecule has 3 aromatic rings. The van der Waals surface area contributed by atoms with Crippen molar-refractivity contribution in [1.29, 1.82) is 0 Å². The summed E-state index contributed by atoms with van der Waals surface area (Å²) in [6.07, 6.45) is 2.34. The largest absolute Gasteiger partial charge is 0.351 e. The van der Waals surface area contributed by atoms with Crippen LogP contribution in [0, 0.1) is 23.4 Å². The van der Waals surface area contributed by atoms with Crippen molar-refractivity contribution in [2.45, 2.75) is 25.1 Å². The fourth-order valence-corrected chi connectivity index (χ4v) is 4.03. The molecule has 2 atom stereocenters. The van der Waals surface area contributed by atoms with Crippen LogP contribution in [0.1, 0.15) is 12.8 Å². The number of nitrogens with one attached hydrogen (secondary N) is 1. The van der Waals surface area contributed by atoms with Gasteiger partial charge in [0.15, 0.2) is 22.7 Å². The molecule has 9 heteroatoms. The molecule has 0 bridgehead atoms. The minimum absolute atomic E-state index is 0.0179. The van der Waals surface area contributed by atoms with Crippen LogP contribution < -0.4 is 15.6 Å². The average molecular weight is 432 g/mol. The first-order valence-corrected chi connectivity index (χ1v) is 10.2.